The third-order valence-corrected chi connectivity index (χ3v) is 8.76. The van der Waals surface area contributed by atoms with E-state index >= 15 is 0 Å². The van der Waals surface area contributed by atoms with Crippen molar-refractivity contribution in [3.63, 3.8) is 0 Å². The number of esters is 1. The maximum absolute atomic E-state index is 13.8. The van der Waals surface area contributed by atoms with Crippen molar-refractivity contribution in [2.75, 3.05) is 7.11 Å². The summed E-state index contributed by atoms with van der Waals surface area (Å²) < 4.78 is 5.02. The molecular formula is C29H41NO4. The SMILES string of the molecule is C=C[C@](C)(O)CC[C@]1(C)C2=CCC[C@](C)(C(=O)N[C@@H](C(=O)OC)c3ccccc3)[C@H]2CC[C@H]1C. The van der Waals surface area contributed by atoms with E-state index in [0.29, 0.717) is 17.9 Å². The molecule has 1 saturated carbocycles. The highest BCUT2D eigenvalue weighted by atomic mass is 16.5. The van der Waals surface area contributed by atoms with Gasteiger partial charge in [0, 0.05) is 0 Å². The van der Waals surface area contributed by atoms with E-state index in [1.54, 1.807) is 13.0 Å². The molecule has 1 amide bonds. The highest BCUT2D eigenvalue weighted by Crippen LogP contribution is 2.58. The lowest BCUT2D eigenvalue weighted by atomic mass is 9.51. The molecule has 186 valence electrons. The molecule has 1 aromatic carbocycles. The first-order valence-corrected chi connectivity index (χ1v) is 12.5. The van der Waals surface area contributed by atoms with Crippen LogP contribution in [0.15, 0.2) is 54.6 Å². The molecule has 0 radical (unpaired) electrons. The van der Waals surface area contributed by atoms with Crippen molar-refractivity contribution in [2.24, 2.45) is 22.7 Å². The standard InChI is InChI=1S/C29H41NO4/c1-7-27(3,33)18-19-28(4)20(2)15-16-23-22(28)14-11-17-29(23,5)26(32)30-24(25(31)34-6)21-12-9-8-10-13-21/h7-10,12-14,20,23-24,33H,1,11,15-19H2,2-6H3,(H,30,32)/t20-,23+,24-,27+,28+,29+/m1/s1. The Kier molecular flexibility index (Phi) is 7.76. The minimum Gasteiger partial charge on any atom is -0.467 e. The van der Waals surface area contributed by atoms with Gasteiger partial charge < -0.3 is 15.2 Å². The van der Waals surface area contributed by atoms with Gasteiger partial charge >= 0.3 is 5.97 Å². The van der Waals surface area contributed by atoms with Crippen LogP contribution in [0.1, 0.15) is 77.8 Å². The van der Waals surface area contributed by atoms with Crippen LogP contribution in [0, 0.1) is 22.7 Å². The summed E-state index contributed by atoms with van der Waals surface area (Å²) >= 11 is 0. The number of methoxy groups -OCH3 is 1. The molecular weight excluding hydrogens is 426 g/mol. The first-order valence-electron chi connectivity index (χ1n) is 12.5. The van der Waals surface area contributed by atoms with Gasteiger partial charge in [-0.3, -0.25) is 4.79 Å². The lowest BCUT2D eigenvalue weighted by Gasteiger charge is -2.53. The van der Waals surface area contributed by atoms with Crippen LogP contribution in [-0.2, 0) is 14.3 Å². The van der Waals surface area contributed by atoms with Crippen LogP contribution >= 0.6 is 0 Å². The van der Waals surface area contributed by atoms with Gasteiger partial charge in [0.1, 0.15) is 0 Å². The number of nitrogens with one attached hydrogen (secondary N) is 1. The number of hydrogen-bond donors (Lipinski definition) is 2. The molecule has 2 aliphatic carbocycles. The molecule has 0 spiro atoms. The minimum absolute atomic E-state index is 0.0982. The zero-order valence-electron chi connectivity index (χ0n) is 21.4. The molecule has 0 heterocycles. The van der Waals surface area contributed by atoms with Gasteiger partial charge in [-0.2, -0.15) is 0 Å². The summed E-state index contributed by atoms with van der Waals surface area (Å²) in [5, 5.41) is 13.6. The molecule has 2 N–H and O–H groups in total. The predicted octanol–water partition coefficient (Wildman–Crippen LogP) is 5.51. The lowest BCUT2D eigenvalue weighted by molar-refractivity contribution is -0.148. The summed E-state index contributed by atoms with van der Waals surface area (Å²) in [6, 6.07) is 8.43. The Bertz CT molecular complexity index is 937. The summed E-state index contributed by atoms with van der Waals surface area (Å²) in [4.78, 5) is 26.4. The van der Waals surface area contributed by atoms with Crippen molar-refractivity contribution < 1.29 is 19.4 Å². The average molecular weight is 468 g/mol. The molecule has 2 aliphatic rings. The molecule has 5 heteroatoms. The fourth-order valence-electron chi connectivity index (χ4n) is 5.93. The molecule has 1 fully saturated rings. The fraction of sp³-hybridized carbons (Fsp3) is 0.586. The van der Waals surface area contributed by atoms with Gasteiger partial charge in [0.05, 0.1) is 18.1 Å². The molecule has 5 nitrogen and oxygen atoms in total. The van der Waals surface area contributed by atoms with E-state index in [0.717, 1.165) is 32.1 Å². The third kappa shape index (κ3) is 5.00. The highest BCUT2D eigenvalue weighted by Gasteiger charge is 2.53. The zero-order chi connectivity index (χ0) is 25.1. The number of fused-ring (bicyclic) bond motifs is 1. The third-order valence-electron chi connectivity index (χ3n) is 8.76. The van der Waals surface area contributed by atoms with Crippen molar-refractivity contribution >= 4 is 11.9 Å². The van der Waals surface area contributed by atoms with Gasteiger partial charge in [-0.25, -0.2) is 4.79 Å². The minimum atomic E-state index is -0.908. The molecule has 0 unspecified atom stereocenters. The van der Waals surface area contributed by atoms with E-state index in [2.05, 4.69) is 38.7 Å². The molecule has 6 atom stereocenters. The first kappa shape index (κ1) is 26.2. The number of carbonyl (C=O) groups excluding carboxylic acids is 2. The van der Waals surface area contributed by atoms with Crippen molar-refractivity contribution in [3.8, 4) is 0 Å². The average Bonchev–Trinajstić information content (AvgIpc) is 2.84. The Hall–Kier alpha value is -2.40. The van der Waals surface area contributed by atoms with Crippen LogP contribution in [0.4, 0.5) is 0 Å². The summed E-state index contributed by atoms with van der Waals surface area (Å²) in [6.45, 7) is 12.2. The van der Waals surface area contributed by atoms with E-state index in [1.807, 2.05) is 30.3 Å². The Balaban J connectivity index is 1.88. The molecule has 3 rings (SSSR count). The normalized spacial score (nSPS) is 31.3. The number of carbonyl (C=O) groups is 2. The summed E-state index contributed by atoms with van der Waals surface area (Å²) in [5.74, 6) is -0.0146. The number of allylic oxidation sites excluding steroid dienone is 2. The molecule has 0 bridgehead atoms. The molecule has 1 aromatic rings. The topological polar surface area (TPSA) is 75.6 Å². The number of amides is 1. The van der Waals surface area contributed by atoms with Gasteiger partial charge in [0.2, 0.25) is 5.91 Å². The van der Waals surface area contributed by atoms with Crippen LogP contribution in [0.25, 0.3) is 0 Å². The van der Waals surface area contributed by atoms with Crippen LogP contribution in [0.2, 0.25) is 0 Å². The highest BCUT2D eigenvalue weighted by molar-refractivity contribution is 5.89. The van der Waals surface area contributed by atoms with Gasteiger partial charge in [-0.05, 0) is 68.3 Å². The number of benzene rings is 1. The largest absolute Gasteiger partial charge is 0.467 e. The van der Waals surface area contributed by atoms with E-state index in [1.165, 1.54) is 12.7 Å². The van der Waals surface area contributed by atoms with E-state index in [4.69, 9.17) is 4.74 Å². The smallest absolute Gasteiger partial charge is 0.333 e. The van der Waals surface area contributed by atoms with E-state index in [-0.39, 0.29) is 17.2 Å². The summed E-state index contributed by atoms with van der Waals surface area (Å²) in [6.07, 6.45) is 8.95. The summed E-state index contributed by atoms with van der Waals surface area (Å²) in [7, 11) is 1.35. The molecule has 34 heavy (non-hydrogen) atoms. The Morgan fingerprint density at radius 2 is 1.97 bits per heavy atom. The van der Waals surface area contributed by atoms with Gasteiger partial charge in [0.25, 0.3) is 0 Å². The summed E-state index contributed by atoms with van der Waals surface area (Å²) in [5.41, 5.74) is 0.428. The maximum atomic E-state index is 13.8. The van der Waals surface area contributed by atoms with Crippen molar-refractivity contribution in [3.05, 3.63) is 60.2 Å². The van der Waals surface area contributed by atoms with Crippen LogP contribution < -0.4 is 5.32 Å². The number of hydrogen-bond acceptors (Lipinski definition) is 4. The second-order valence-corrected chi connectivity index (χ2v) is 11.0. The van der Waals surface area contributed by atoms with E-state index < -0.39 is 23.0 Å². The first-order chi connectivity index (χ1) is 16.0. The van der Waals surface area contributed by atoms with Crippen molar-refractivity contribution in [1.29, 1.82) is 0 Å². The van der Waals surface area contributed by atoms with Crippen molar-refractivity contribution in [2.45, 2.75) is 77.9 Å². The number of aliphatic hydroxyl groups is 1. The second kappa shape index (κ2) is 10.1. The second-order valence-electron chi connectivity index (χ2n) is 11.0. The van der Waals surface area contributed by atoms with Crippen molar-refractivity contribution in [1.82, 2.24) is 5.32 Å². The van der Waals surface area contributed by atoms with Crippen LogP contribution in [0.3, 0.4) is 0 Å². The number of rotatable bonds is 8. The molecule has 0 aromatic heterocycles. The van der Waals surface area contributed by atoms with Gasteiger partial charge in [-0.1, -0.05) is 68.8 Å². The Morgan fingerprint density at radius 1 is 1.29 bits per heavy atom. The Morgan fingerprint density at radius 3 is 2.59 bits per heavy atom. The van der Waals surface area contributed by atoms with Crippen LogP contribution in [0.5, 0.6) is 0 Å². The molecule has 0 aliphatic heterocycles. The fourth-order valence-corrected chi connectivity index (χ4v) is 5.93. The predicted molar refractivity (Wildman–Crippen MR) is 135 cm³/mol. The number of ether oxygens (including phenoxy) is 1. The monoisotopic (exact) mass is 467 g/mol. The van der Waals surface area contributed by atoms with Crippen LogP contribution in [-0.4, -0.2) is 29.7 Å². The van der Waals surface area contributed by atoms with E-state index in [9.17, 15) is 14.7 Å². The quantitative estimate of drug-likeness (QED) is 0.390. The maximum Gasteiger partial charge on any atom is 0.333 e. The van der Waals surface area contributed by atoms with Gasteiger partial charge in [0.15, 0.2) is 6.04 Å². The zero-order valence-corrected chi connectivity index (χ0v) is 21.4. The Labute approximate surface area is 204 Å². The van der Waals surface area contributed by atoms with Gasteiger partial charge in [-0.15, -0.1) is 6.58 Å². The lowest BCUT2D eigenvalue weighted by Crippen LogP contribution is -2.52. The molecule has 0 saturated heterocycles.